The van der Waals surface area contributed by atoms with E-state index in [1.54, 1.807) is 7.11 Å². The first-order chi connectivity index (χ1) is 11.6. The van der Waals surface area contributed by atoms with E-state index < -0.39 is 0 Å². The van der Waals surface area contributed by atoms with E-state index >= 15 is 0 Å². The van der Waals surface area contributed by atoms with Crippen molar-refractivity contribution in [1.82, 2.24) is 15.5 Å². The van der Waals surface area contributed by atoms with Gasteiger partial charge in [-0.15, -0.1) is 24.0 Å². The first-order valence-corrected chi connectivity index (χ1v) is 8.90. The molecule has 1 heterocycles. The van der Waals surface area contributed by atoms with Gasteiger partial charge in [0.25, 0.3) is 0 Å². The van der Waals surface area contributed by atoms with Gasteiger partial charge in [-0.2, -0.15) is 0 Å². The third kappa shape index (κ3) is 6.75. The van der Waals surface area contributed by atoms with E-state index in [2.05, 4.69) is 60.6 Å². The topological polar surface area (TPSA) is 48.9 Å². The lowest BCUT2D eigenvalue weighted by Crippen LogP contribution is -2.49. The van der Waals surface area contributed by atoms with Crippen LogP contribution in [0, 0.1) is 0 Å². The van der Waals surface area contributed by atoms with Gasteiger partial charge >= 0.3 is 0 Å². The van der Waals surface area contributed by atoms with E-state index in [1.807, 2.05) is 0 Å². The third-order valence-electron chi connectivity index (χ3n) is 4.55. The van der Waals surface area contributed by atoms with E-state index in [1.165, 1.54) is 11.1 Å². The van der Waals surface area contributed by atoms with Gasteiger partial charge in [-0.05, 0) is 38.3 Å². The number of halogens is 1. The van der Waals surface area contributed by atoms with Crippen LogP contribution in [0.4, 0.5) is 0 Å². The molecular formula is C19H33IN4O. The number of fused-ring (bicyclic) bond motifs is 1. The minimum absolute atomic E-state index is 0. The maximum atomic E-state index is 5.09. The molecule has 25 heavy (non-hydrogen) atoms. The van der Waals surface area contributed by atoms with E-state index in [-0.39, 0.29) is 29.5 Å². The Labute approximate surface area is 169 Å². The highest BCUT2D eigenvalue weighted by molar-refractivity contribution is 14.0. The van der Waals surface area contributed by atoms with E-state index in [9.17, 15) is 0 Å². The molecule has 0 aromatic heterocycles. The number of hydrogen-bond acceptors (Lipinski definition) is 3. The summed E-state index contributed by atoms with van der Waals surface area (Å²) in [4.78, 5) is 7.32. The van der Waals surface area contributed by atoms with E-state index in [0.29, 0.717) is 6.61 Å². The van der Waals surface area contributed by atoms with Crippen LogP contribution in [0.25, 0.3) is 0 Å². The van der Waals surface area contributed by atoms with Crippen LogP contribution >= 0.6 is 24.0 Å². The third-order valence-corrected chi connectivity index (χ3v) is 4.55. The second-order valence-corrected chi connectivity index (χ2v) is 6.87. The number of hydrogen-bond donors (Lipinski definition) is 2. The lowest BCUT2D eigenvalue weighted by molar-refractivity contribution is 0.111. The number of rotatable bonds is 7. The van der Waals surface area contributed by atoms with Gasteiger partial charge in [-0.1, -0.05) is 24.3 Å². The van der Waals surface area contributed by atoms with Crippen LogP contribution in [0.15, 0.2) is 29.3 Å². The molecule has 1 aromatic carbocycles. The molecule has 1 aliphatic heterocycles. The summed E-state index contributed by atoms with van der Waals surface area (Å²) in [6.07, 6.45) is 1.12. The Bertz CT molecular complexity index is 548. The van der Waals surface area contributed by atoms with Gasteiger partial charge in [0.15, 0.2) is 5.96 Å². The fraction of sp³-hybridized carbons (Fsp3) is 0.632. The van der Waals surface area contributed by atoms with Crippen molar-refractivity contribution >= 4 is 29.9 Å². The molecule has 0 aliphatic carbocycles. The quantitative estimate of drug-likeness (QED) is 0.284. The molecule has 2 N–H and O–H groups in total. The smallest absolute Gasteiger partial charge is 0.191 e. The number of methoxy groups -OCH3 is 1. The maximum Gasteiger partial charge on any atom is 0.191 e. The molecule has 0 bridgehead atoms. The minimum Gasteiger partial charge on any atom is -0.383 e. The van der Waals surface area contributed by atoms with Gasteiger partial charge in [-0.3, -0.25) is 9.89 Å². The Kier molecular flexibility index (Phi) is 9.74. The molecule has 142 valence electrons. The predicted molar refractivity (Wildman–Crippen MR) is 116 cm³/mol. The predicted octanol–water partition coefficient (Wildman–Crippen LogP) is 2.64. The highest BCUT2D eigenvalue weighted by Gasteiger charge is 2.29. The Balaban J connectivity index is 0.00000312. The highest BCUT2D eigenvalue weighted by atomic mass is 127. The molecule has 0 spiro atoms. The number of ether oxygens (including phenoxy) is 1. The molecule has 0 radical (unpaired) electrons. The Morgan fingerprint density at radius 2 is 1.96 bits per heavy atom. The van der Waals surface area contributed by atoms with Gasteiger partial charge in [-0.25, -0.2) is 0 Å². The second-order valence-electron chi connectivity index (χ2n) is 6.87. The summed E-state index contributed by atoms with van der Waals surface area (Å²) in [5, 5.41) is 6.61. The molecule has 0 amide bonds. The van der Waals surface area contributed by atoms with Crippen molar-refractivity contribution < 1.29 is 4.74 Å². The van der Waals surface area contributed by atoms with Gasteiger partial charge < -0.3 is 15.4 Å². The van der Waals surface area contributed by atoms with Crippen molar-refractivity contribution in [1.29, 1.82) is 0 Å². The van der Waals surface area contributed by atoms with Crippen LogP contribution in [0.5, 0.6) is 0 Å². The zero-order valence-corrected chi connectivity index (χ0v) is 18.3. The Morgan fingerprint density at radius 3 is 2.64 bits per heavy atom. The lowest BCUT2D eigenvalue weighted by Gasteiger charge is -2.40. The van der Waals surface area contributed by atoms with Crippen LogP contribution in [-0.2, 0) is 17.7 Å². The fourth-order valence-electron chi connectivity index (χ4n) is 3.00. The van der Waals surface area contributed by atoms with Gasteiger partial charge in [0.1, 0.15) is 0 Å². The Morgan fingerprint density at radius 1 is 1.24 bits per heavy atom. The average Bonchev–Trinajstić information content (AvgIpc) is 2.59. The maximum absolute atomic E-state index is 5.09. The number of aliphatic imine (C=N–C) groups is 1. The van der Waals surface area contributed by atoms with Crippen LogP contribution in [0.1, 0.15) is 31.9 Å². The van der Waals surface area contributed by atoms with Crippen LogP contribution < -0.4 is 10.6 Å². The van der Waals surface area contributed by atoms with Gasteiger partial charge in [0.2, 0.25) is 0 Å². The van der Waals surface area contributed by atoms with Crippen molar-refractivity contribution in [3.8, 4) is 0 Å². The number of guanidine groups is 1. The summed E-state index contributed by atoms with van der Waals surface area (Å²) in [6, 6.07) is 8.77. The van der Waals surface area contributed by atoms with Crippen molar-refractivity contribution in [3.63, 3.8) is 0 Å². The molecule has 0 fully saturated rings. The Hall–Kier alpha value is -0.860. The lowest BCUT2D eigenvalue weighted by atomic mass is 9.94. The van der Waals surface area contributed by atoms with Crippen LogP contribution in [0.3, 0.4) is 0 Å². The molecule has 0 saturated carbocycles. The van der Waals surface area contributed by atoms with Gasteiger partial charge in [0.05, 0.1) is 13.2 Å². The van der Waals surface area contributed by atoms with E-state index in [0.717, 1.165) is 45.1 Å². The van der Waals surface area contributed by atoms with Crippen LogP contribution in [0.2, 0.25) is 0 Å². The first-order valence-electron chi connectivity index (χ1n) is 8.90. The molecule has 5 nitrogen and oxygen atoms in total. The second kappa shape index (κ2) is 11.0. The molecule has 0 atom stereocenters. The van der Waals surface area contributed by atoms with E-state index in [4.69, 9.17) is 9.73 Å². The normalized spacial score (nSPS) is 15.3. The van der Waals surface area contributed by atoms with Crippen molar-refractivity contribution in [2.24, 2.45) is 4.99 Å². The summed E-state index contributed by atoms with van der Waals surface area (Å²) in [5.41, 5.74) is 2.96. The standard InChI is InChI=1S/C19H32N4O.HI/c1-5-20-18(21-11-13-24-4)22-15-19(2,3)23-12-10-16-8-6-7-9-17(16)14-23;/h6-9H,5,10-15H2,1-4H3,(H2,20,21,22);1H. The SMILES string of the molecule is CCNC(=NCC(C)(C)N1CCc2ccccc2C1)NCCOC.I. The fourth-order valence-corrected chi connectivity index (χ4v) is 3.00. The number of benzene rings is 1. The summed E-state index contributed by atoms with van der Waals surface area (Å²) < 4.78 is 5.09. The monoisotopic (exact) mass is 460 g/mol. The van der Waals surface area contributed by atoms with Crippen molar-refractivity contribution in [2.45, 2.75) is 39.3 Å². The molecular weight excluding hydrogens is 427 g/mol. The summed E-state index contributed by atoms with van der Waals surface area (Å²) in [6.45, 7) is 11.8. The highest BCUT2D eigenvalue weighted by Crippen LogP contribution is 2.25. The summed E-state index contributed by atoms with van der Waals surface area (Å²) in [5.74, 6) is 0.861. The zero-order chi connectivity index (χ0) is 17.4. The molecule has 0 unspecified atom stereocenters. The zero-order valence-electron chi connectivity index (χ0n) is 16.0. The number of nitrogens with zero attached hydrogens (tertiary/aromatic N) is 2. The molecule has 2 rings (SSSR count). The van der Waals surface area contributed by atoms with Crippen molar-refractivity contribution in [3.05, 3.63) is 35.4 Å². The molecule has 0 saturated heterocycles. The molecule has 1 aromatic rings. The summed E-state index contributed by atoms with van der Waals surface area (Å²) >= 11 is 0. The minimum atomic E-state index is 0. The van der Waals surface area contributed by atoms with Gasteiger partial charge in [0, 0.05) is 38.8 Å². The van der Waals surface area contributed by atoms with Crippen molar-refractivity contribution in [2.75, 3.05) is 39.9 Å². The first kappa shape index (κ1) is 22.2. The molecule has 6 heteroatoms. The largest absolute Gasteiger partial charge is 0.383 e. The van der Waals surface area contributed by atoms with Crippen LogP contribution in [-0.4, -0.2) is 56.3 Å². The molecule has 1 aliphatic rings. The average molecular weight is 460 g/mol. The number of nitrogens with one attached hydrogen (secondary N) is 2. The summed E-state index contributed by atoms with van der Waals surface area (Å²) in [7, 11) is 1.71.